The molecule has 1 aliphatic carbocycles. The number of hydroxylamine groups is 2. The number of nitrogens with one attached hydrogen (secondary N) is 1. The van der Waals surface area contributed by atoms with Gasteiger partial charge in [-0.25, -0.2) is 9.86 Å². The standard InChI is InChI=1S/C15H23Cl2N3O2/c1-10(12-4-3-5-13(16)14(12)17)18-15(21)20(22)11-6-8-19(2)9-7-11/h4,10-11,22H,3,5-9H2,1-2H3,(H,18,21). The Balaban J connectivity index is 1.92. The fraction of sp³-hybridized carbons (Fsp3) is 0.667. The number of halogens is 2. The molecule has 2 aliphatic rings. The van der Waals surface area contributed by atoms with Gasteiger partial charge in [-0.15, -0.1) is 0 Å². The molecule has 1 unspecified atom stereocenters. The number of piperidine rings is 1. The molecule has 7 heteroatoms. The molecule has 0 bridgehead atoms. The van der Waals surface area contributed by atoms with Crippen molar-refractivity contribution in [2.75, 3.05) is 20.1 Å². The lowest BCUT2D eigenvalue weighted by atomic mass is 10.0. The lowest BCUT2D eigenvalue weighted by Crippen LogP contribution is -2.50. The third-order valence-electron chi connectivity index (χ3n) is 4.27. The van der Waals surface area contributed by atoms with E-state index in [0.717, 1.165) is 49.4 Å². The fourth-order valence-electron chi connectivity index (χ4n) is 2.81. The summed E-state index contributed by atoms with van der Waals surface area (Å²) in [7, 11) is 2.04. The molecule has 0 saturated carbocycles. The van der Waals surface area contributed by atoms with Crippen LogP contribution >= 0.6 is 23.2 Å². The van der Waals surface area contributed by atoms with Crippen LogP contribution in [0.25, 0.3) is 0 Å². The summed E-state index contributed by atoms with van der Waals surface area (Å²) in [5.41, 5.74) is 0.808. The largest absolute Gasteiger partial charge is 0.341 e. The maximum atomic E-state index is 12.2. The number of likely N-dealkylation sites (tertiary alicyclic amines) is 1. The Kier molecular flexibility index (Phi) is 6.15. The van der Waals surface area contributed by atoms with Gasteiger partial charge in [-0.3, -0.25) is 5.21 Å². The molecule has 1 fully saturated rings. The minimum Gasteiger partial charge on any atom is -0.330 e. The Labute approximate surface area is 141 Å². The Morgan fingerprint density at radius 1 is 1.45 bits per heavy atom. The van der Waals surface area contributed by atoms with E-state index in [2.05, 4.69) is 10.2 Å². The molecular formula is C15H23Cl2N3O2. The van der Waals surface area contributed by atoms with Gasteiger partial charge < -0.3 is 10.2 Å². The first-order valence-corrected chi connectivity index (χ1v) is 8.37. The predicted molar refractivity (Wildman–Crippen MR) is 88.2 cm³/mol. The third kappa shape index (κ3) is 4.16. The minimum atomic E-state index is -0.492. The van der Waals surface area contributed by atoms with Crippen LogP contribution in [0.3, 0.4) is 0 Å². The number of nitrogens with zero attached hydrogens (tertiary/aromatic N) is 2. The minimum absolute atomic E-state index is 0.140. The Morgan fingerprint density at radius 2 is 2.09 bits per heavy atom. The van der Waals surface area contributed by atoms with Crippen molar-refractivity contribution < 1.29 is 10.0 Å². The molecule has 22 heavy (non-hydrogen) atoms. The van der Waals surface area contributed by atoms with Crippen LogP contribution < -0.4 is 5.32 Å². The maximum Gasteiger partial charge on any atom is 0.341 e. The Hall–Kier alpha value is -0.750. The molecule has 1 atom stereocenters. The van der Waals surface area contributed by atoms with Crippen molar-refractivity contribution >= 4 is 29.2 Å². The number of amides is 2. The second kappa shape index (κ2) is 7.68. The Bertz CT molecular complexity index is 485. The molecule has 1 aliphatic heterocycles. The molecule has 2 N–H and O–H groups in total. The first kappa shape index (κ1) is 17.6. The van der Waals surface area contributed by atoms with Crippen molar-refractivity contribution in [3.8, 4) is 0 Å². The first-order valence-electron chi connectivity index (χ1n) is 7.62. The van der Waals surface area contributed by atoms with Gasteiger partial charge >= 0.3 is 6.03 Å². The summed E-state index contributed by atoms with van der Waals surface area (Å²) < 4.78 is 0. The second-order valence-corrected chi connectivity index (χ2v) is 6.80. The molecular weight excluding hydrogens is 325 g/mol. The molecule has 2 amide bonds. The number of carbonyl (C=O) groups is 1. The van der Waals surface area contributed by atoms with Crippen LogP contribution in [0.1, 0.15) is 32.6 Å². The van der Waals surface area contributed by atoms with Gasteiger partial charge in [-0.2, -0.15) is 0 Å². The first-order chi connectivity index (χ1) is 10.4. The van der Waals surface area contributed by atoms with Crippen LogP contribution in [0, 0.1) is 0 Å². The summed E-state index contributed by atoms with van der Waals surface area (Å²) >= 11 is 12.3. The Morgan fingerprint density at radius 3 is 2.73 bits per heavy atom. The van der Waals surface area contributed by atoms with Crippen LogP contribution in [0.15, 0.2) is 21.7 Å². The zero-order valence-corrected chi connectivity index (χ0v) is 14.5. The van der Waals surface area contributed by atoms with Crippen molar-refractivity contribution in [1.82, 2.24) is 15.3 Å². The molecule has 124 valence electrons. The molecule has 0 aromatic rings. The average molecular weight is 348 g/mol. The number of rotatable bonds is 3. The van der Waals surface area contributed by atoms with Crippen LogP contribution in [0.5, 0.6) is 0 Å². The van der Waals surface area contributed by atoms with Crippen LogP contribution in [0.2, 0.25) is 0 Å². The fourth-order valence-corrected chi connectivity index (χ4v) is 3.37. The summed E-state index contributed by atoms with van der Waals surface area (Å²) in [6.45, 7) is 3.59. The van der Waals surface area contributed by atoms with E-state index in [1.807, 2.05) is 20.0 Å². The van der Waals surface area contributed by atoms with Crippen molar-refractivity contribution in [3.05, 3.63) is 21.7 Å². The molecule has 0 aromatic heterocycles. The molecule has 0 radical (unpaired) electrons. The molecule has 1 saturated heterocycles. The van der Waals surface area contributed by atoms with Gasteiger partial charge in [-0.05, 0) is 58.3 Å². The van der Waals surface area contributed by atoms with Gasteiger partial charge in [0.05, 0.1) is 17.1 Å². The van der Waals surface area contributed by atoms with Crippen molar-refractivity contribution in [1.29, 1.82) is 0 Å². The number of hydrogen-bond donors (Lipinski definition) is 2. The van der Waals surface area contributed by atoms with Gasteiger partial charge in [0.15, 0.2) is 0 Å². The van der Waals surface area contributed by atoms with Crippen molar-refractivity contribution in [3.63, 3.8) is 0 Å². The van der Waals surface area contributed by atoms with E-state index in [1.165, 1.54) is 0 Å². The summed E-state index contributed by atoms with van der Waals surface area (Å²) in [5.74, 6) is 0. The zero-order chi connectivity index (χ0) is 16.3. The highest BCUT2D eigenvalue weighted by Crippen LogP contribution is 2.32. The van der Waals surface area contributed by atoms with Crippen LogP contribution in [-0.2, 0) is 0 Å². The van der Waals surface area contributed by atoms with Gasteiger partial charge in [0.25, 0.3) is 0 Å². The van der Waals surface area contributed by atoms with Gasteiger partial charge in [0, 0.05) is 5.03 Å². The highest BCUT2D eigenvalue weighted by atomic mass is 35.5. The van der Waals surface area contributed by atoms with Gasteiger partial charge in [0.2, 0.25) is 0 Å². The van der Waals surface area contributed by atoms with Crippen LogP contribution in [-0.4, -0.2) is 53.4 Å². The van der Waals surface area contributed by atoms with Crippen LogP contribution in [0.4, 0.5) is 4.79 Å². The molecule has 1 heterocycles. The van der Waals surface area contributed by atoms with E-state index < -0.39 is 6.03 Å². The van der Waals surface area contributed by atoms with E-state index in [9.17, 15) is 10.0 Å². The topological polar surface area (TPSA) is 55.8 Å². The molecule has 0 spiro atoms. The van der Waals surface area contributed by atoms with E-state index in [0.29, 0.717) is 10.1 Å². The summed E-state index contributed by atoms with van der Waals surface area (Å²) in [4.78, 5) is 14.4. The molecule has 0 aromatic carbocycles. The lowest BCUT2D eigenvalue weighted by molar-refractivity contribution is -0.0916. The number of carbonyl (C=O) groups excluding carboxylic acids is 1. The SMILES string of the molecule is CC(NC(=O)N(O)C1CCN(C)CC1)C1=CCCC(Cl)=C1Cl. The van der Waals surface area contributed by atoms with E-state index in [1.54, 1.807) is 0 Å². The summed E-state index contributed by atoms with van der Waals surface area (Å²) in [6.07, 6.45) is 5.05. The number of urea groups is 1. The number of allylic oxidation sites excluding steroid dienone is 2. The van der Waals surface area contributed by atoms with Gasteiger partial charge in [-0.1, -0.05) is 29.3 Å². The molecule has 2 rings (SSSR count). The second-order valence-electron chi connectivity index (χ2n) is 5.97. The lowest BCUT2D eigenvalue weighted by Gasteiger charge is -2.34. The number of hydrogen-bond acceptors (Lipinski definition) is 3. The zero-order valence-electron chi connectivity index (χ0n) is 13.0. The smallest absolute Gasteiger partial charge is 0.330 e. The van der Waals surface area contributed by atoms with E-state index >= 15 is 0 Å². The third-order valence-corrected chi connectivity index (χ3v) is 5.19. The predicted octanol–water partition coefficient (Wildman–Crippen LogP) is 3.28. The van der Waals surface area contributed by atoms with Gasteiger partial charge in [0.1, 0.15) is 0 Å². The van der Waals surface area contributed by atoms with Crippen molar-refractivity contribution in [2.24, 2.45) is 0 Å². The average Bonchev–Trinajstić information content (AvgIpc) is 2.50. The quantitative estimate of drug-likeness (QED) is 0.608. The highest BCUT2D eigenvalue weighted by molar-refractivity contribution is 6.41. The van der Waals surface area contributed by atoms with Crippen molar-refractivity contribution in [2.45, 2.75) is 44.7 Å². The summed E-state index contributed by atoms with van der Waals surface area (Å²) in [6, 6.07) is -0.928. The van der Waals surface area contributed by atoms with E-state index in [4.69, 9.17) is 23.2 Å². The highest BCUT2D eigenvalue weighted by Gasteiger charge is 2.28. The maximum absolute atomic E-state index is 12.2. The monoisotopic (exact) mass is 347 g/mol. The van der Waals surface area contributed by atoms with E-state index in [-0.39, 0.29) is 12.1 Å². The normalized spacial score (nSPS) is 22.3. The summed E-state index contributed by atoms with van der Waals surface area (Å²) in [5, 5.41) is 14.8. The molecule has 5 nitrogen and oxygen atoms in total.